The second-order valence-corrected chi connectivity index (χ2v) is 7.25. The van der Waals surface area contributed by atoms with E-state index in [0.29, 0.717) is 37.0 Å². The number of amides is 2. The van der Waals surface area contributed by atoms with Gasteiger partial charge in [-0.2, -0.15) is 0 Å². The number of aromatic nitrogens is 4. The first kappa shape index (κ1) is 19.4. The Kier molecular flexibility index (Phi) is 5.77. The molecule has 1 saturated heterocycles. The molecule has 0 radical (unpaired) electrons. The molecule has 1 aromatic carbocycles. The van der Waals surface area contributed by atoms with Crippen LogP contribution in [-0.4, -0.2) is 62.0 Å². The van der Waals surface area contributed by atoms with Gasteiger partial charge in [0.1, 0.15) is 5.82 Å². The molecule has 1 aliphatic heterocycles. The van der Waals surface area contributed by atoms with E-state index in [1.165, 1.54) is 0 Å². The van der Waals surface area contributed by atoms with Crippen LogP contribution in [0.1, 0.15) is 12.2 Å². The van der Waals surface area contributed by atoms with Crippen LogP contribution >= 0.6 is 11.6 Å². The Morgan fingerprint density at radius 1 is 1.38 bits per heavy atom. The van der Waals surface area contributed by atoms with Crippen molar-refractivity contribution >= 4 is 34.4 Å². The van der Waals surface area contributed by atoms with Crippen LogP contribution < -0.4 is 5.32 Å². The number of carbonyl (C=O) groups excluding carboxylic acids is 2. The number of hydrogen-bond acceptors (Lipinski definition) is 5. The van der Waals surface area contributed by atoms with Gasteiger partial charge in [-0.1, -0.05) is 11.6 Å². The van der Waals surface area contributed by atoms with Gasteiger partial charge >= 0.3 is 0 Å². The standard InChI is InChI=1S/C19H21ClN6O3/c20-13-1-2-14-15(9-13)24-17(23-14)10-22-19(28)16-11-26(7-8-29-16)18(27)3-5-25-6-4-21-12-25/h1-2,4,6,9,12,16H,3,5,7-8,10-11H2,(H,22,28)(H,23,24). The molecular weight excluding hydrogens is 396 g/mol. The number of ether oxygens (including phenoxy) is 1. The molecule has 1 aliphatic rings. The van der Waals surface area contributed by atoms with Crippen LogP contribution in [0.25, 0.3) is 11.0 Å². The smallest absolute Gasteiger partial charge is 0.251 e. The number of imidazole rings is 2. The lowest BCUT2D eigenvalue weighted by Crippen LogP contribution is -2.51. The van der Waals surface area contributed by atoms with Crippen molar-refractivity contribution in [3.8, 4) is 0 Å². The number of aromatic amines is 1. The first-order valence-corrected chi connectivity index (χ1v) is 9.73. The number of H-pyrrole nitrogens is 1. The molecule has 1 fully saturated rings. The quantitative estimate of drug-likeness (QED) is 0.631. The molecule has 0 bridgehead atoms. The Balaban J connectivity index is 1.29. The van der Waals surface area contributed by atoms with Crippen LogP contribution in [0.3, 0.4) is 0 Å². The molecule has 3 heterocycles. The summed E-state index contributed by atoms with van der Waals surface area (Å²) < 4.78 is 7.41. The van der Waals surface area contributed by atoms with Gasteiger partial charge in [0.15, 0.2) is 6.10 Å². The minimum absolute atomic E-state index is 0.00559. The lowest BCUT2D eigenvalue weighted by molar-refractivity contribution is -0.147. The van der Waals surface area contributed by atoms with Crippen molar-refractivity contribution < 1.29 is 14.3 Å². The summed E-state index contributed by atoms with van der Waals surface area (Å²) in [5.74, 6) is 0.351. The van der Waals surface area contributed by atoms with E-state index in [0.717, 1.165) is 11.0 Å². The molecule has 29 heavy (non-hydrogen) atoms. The zero-order valence-corrected chi connectivity index (χ0v) is 16.4. The Morgan fingerprint density at radius 3 is 3.10 bits per heavy atom. The first-order chi connectivity index (χ1) is 14.1. The number of morpholine rings is 1. The van der Waals surface area contributed by atoms with Gasteiger partial charge in [-0.25, -0.2) is 9.97 Å². The van der Waals surface area contributed by atoms with Gasteiger partial charge in [0.05, 0.1) is 37.1 Å². The highest BCUT2D eigenvalue weighted by molar-refractivity contribution is 6.31. The minimum atomic E-state index is -0.695. The number of aryl methyl sites for hydroxylation is 1. The minimum Gasteiger partial charge on any atom is -0.365 e. The third-order valence-electron chi connectivity index (χ3n) is 4.78. The molecule has 2 amide bonds. The maximum atomic E-state index is 12.5. The number of fused-ring (bicyclic) bond motifs is 1. The van der Waals surface area contributed by atoms with Crippen LogP contribution in [0.2, 0.25) is 5.02 Å². The fourth-order valence-electron chi connectivity index (χ4n) is 3.24. The topological polar surface area (TPSA) is 105 Å². The molecule has 152 valence electrons. The largest absolute Gasteiger partial charge is 0.365 e. The van der Waals surface area contributed by atoms with Crippen LogP contribution in [0.4, 0.5) is 0 Å². The Labute approximate surface area is 172 Å². The molecule has 1 atom stereocenters. The summed E-state index contributed by atoms with van der Waals surface area (Å²) in [5, 5.41) is 3.43. The summed E-state index contributed by atoms with van der Waals surface area (Å²) in [5.41, 5.74) is 1.59. The fraction of sp³-hybridized carbons (Fsp3) is 0.368. The third-order valence-corrected chi connectivity index (χ3v) is 5.01. The molecule has 0 aliphatic carbocycles. The van der Waals surface area contributed by atoms with Gasteiger partial charge in [0.25, 0.3) is 5.91 Å². The molecule has 3 aromatic rings. The second kappa shape index (κ2) is 8.62. The van der Waals surface area contributed by atoms with E-state index in [4.69, 9.17) is 16.3 Å². The normalized spacial score (nSPS) is 16.9. The predicted octanol–water partition coefficient (Wildman–Crippen LogP) is 1.35. The van der Waals surface area contributed by atoms with E-state index in [1.54, 1.807) is 29.6 Å². The van der Waals surface area contributed by atoms with Crippen molar-refractivity contribution in [1.82, 2.24) is 29.7 Å². The van der Waals surface area contributed by atoms with Crippen molar-refractivity contribution in [2.45, 2.75) is 25.6 Å². The summed E-state index contributed by atoms with van der Waals surface area (Å²) in [4.78, 5) is 38.1. The van der Waals surface area contributed by atoms with Crippen molar-refractivity contribution in [2.75, 3.05) is 19.7 Å². The second-order valence-electron chi connectivity index (χ2n) is 6.81. The highest BCUT2D eigenvalue weighted by Gasteiger charge is 2.29. The predicted molar refractivity (Wildman–Crippen MR) is 106 cm³/mol. The van der Waals surface area contributed by atoms with E-state index in [-0.39, 0.29) is 24.9 Å². The first-order valence-electron chi connectivity index (χ1n) is 9.35. The Bertz CT molecular complexity index is 1000. The van der Waals surface area contributed by atoms with E-state index in [2.05, 4.69) is 20.3 Å². The number of carbonyl (C=O) groups is 2. The summed E-state index contributed by atoms with van der Waals surface area (Å²) in [7, 11) is 0. The molecule has 2 N–H and O–H groups in total. The Hall–Kier alpha value is -2.91. The van der Waals surface area contributed by atoms with Crippen LogP contribution in [0, 0.1) is 0 Å². The summed E-state index contributed by atoms with van der Waals surface area (Å²) in [6, 6.07) is 5.37. The van der Waals surface area contributed by atoms with Crippen LogP contribution in [0.5, 0.6) is 0 Å². The van der Waals surface area contributed by atoms with E-state index in [1.807, 2.05) is 16.8 Å². The number of nitrogens with one attached hydrogen (secondary N) is 2. The van der Waals surface area contributed by atoms with Crippen molar-refractivity contribution in [2.24, 2.45) is 0 Å². The Morgan fingerprint density at radius 2 is 2.28 bits per heavy atom. The lowest BCUT2D eigenvalue weighted by Gasteiger charge is -2.32. The average molecular weight is 417 g/mol. The van der Waals surface area contributed by atoms with Crippen LogP contribution in [0.15, 0.2) is 36.9 Å². The van der Waals surface area contributed by atoms with Gasteiger partial charge < -0.3 is 24.5 Å². The van der Waals surface area contributed by atoms with Crippen molar-refractivity contribution in [3.63, 3.8) is 0 Å². The maximum absolute atomic E-state index is 12.5. The summed E-state index contributed by atoms with van der Waals surface area (Å²) >= 11 is 5.98. The summed E-state index contributed by atoms with van der Waals surface area (Å²) in [6.45, 7) is 1.85. The summed E-state index contributed by atoms with van der Waals surface area (Å²) in [6.07, 6.45) is 4.83. The number of halogens is 1. The molecule has 0 saturated carbocycles. The van der Waals surface area contributed by atoms with E-state index >= 15 is 0 Å². The number of hydrogen-bond donors (Lipinski definition) is 2. The van der Waals surface area contributed by atoms with E-state index in [9.17, 15) is 9.59 Å². The zero-order valence-electron chi connectivity index (χ0n) is 15.7. The molecule has 0 spiro atoms. The lowest BCUT2D eigenvalue weighted by atomic mass is 10.2. The monoisotopic (exact) mass is 416 g/mol. The highest BCUT2D eigenvalue weighted by atomic mass is 35.5. The number of rotatable bonds is 6. The number of nitrogens with zero attached hydrogens (tertiary/aromatic N) is 4. The van der Waals surface area contributed by atoms with Gasteiger partial charge in [0.2, 0.25) is 5.91 Å². The van der Waals surface area contributed by atoms with E-state index < -0.39 is 6.10 Å². The van der Waals surface area contributed by atoms with Gasteiger partial charge in [-0.3, -0.25) is 9.59 Å². The van der Waals surface area contributed by atoms with Gasteiger partial charge in [-0.15, -0.1) is 0 Å². The molecule has 10 heteroatoms. The molecule has 9 nitrogen and oxygen atoms in total. The SMILES string of the molecule is O=C(NCc1nc2ccc(Cl)cc2[nH]1)C1CN(C(=O)CCn2ccnc2)CCO1. The van der Waals surface area contributed by atoms with Crippen LogP contribution in [-0.2, 0) is 27.4 Å². The van der Waals surface area contributed by atoms with Crippen molar-refractivity contribution in [1.29, 1.82) is 0 Å². The molecule has 4 rings (SSSR count). The molecule has 2 aromatic heterocycles. The van der Waals surface area contributed by atoms with Crippen molar-refractivity contribution in [3.05, 3.63) is 47.8 Å². The molecule has 1 unspecified atom stereocenters. The van der Waals surface area contributed by atoms with Gasteiger partial charge in [-0.05, 0) is 18.2 Å². The maximum Gasteiger partial charge on any atom is 0.251 e. The average Bonchev–Trinajstić information content (AvgIpc) is 3.39. The third kappa shape index (κ3) is 4.75. The van der Waals surface area contributed by atoms with Gasteiger partial charge in [0, 0.05) is 36.9 Å². The zero-order chi connectivity index (χ0) is 20.2. The highest BCUT2D eigenvalue weighted by Crippen LogP contribution is 2.17. The fourth-order valence-corrected chi connectivity index (χ4v) is 3.41. The molecular formula is C19H21ClN6O3. The number of benzene rings is 1.